The summed E-state index contributed by atoms with van der Waals surface area (Å²) >= 11 is 0. The van der Waals surface area contributed by atoms with Crippen LogP contribution in [0.25, 0.3) is 0 Å². The van der Waals surface area contributed by atoms with Crippen molar-refractivity contribution in [3.63, 3.8) is 0 Å². The number of benzene rings is 1. The summed E-state index contributed by atoms with van der Waals surface area (Å²) < 4.78 is 0. The van der Waals surface area contributed by atoms with Crippen molar-refractivity contribution in [2.45, 2.75) is 51.0 Å². The average Bonchev–Trinajstić information content (AvgIpc) is 2.46. The van der Waals surface area contributed by atoms with Gasteiger partial charge in [-0.25, -0.2) is 0 Å². The van der Waals surface area contributed by atoms with Gasteiger partial charge in [-0.1, -0.05) is 36.8 Å². The highest BCUT2D eigenvalue weighted by atomic mass is 15.2. The predicted octanol–water partition coefficient (Wildman–Crippen LogP) is 3.88. The number of hydrogen-bond donors (Lipinski definition) is 0. The van der Waals surface area contributed by atoms with Crippen LogP contribution in [0.2, 0.25) is 0 Å². The summed E-state index contributed by atoms with van der Waals surface area (Å²) in [5.41, 5.74) is 1.52. The van der Waals surface area contributed by atoms with Crippen LogP contribution in [-0.4, -0.2) is 24.0 Å². The molecule has 2 atom stereocenters. The van der Waals surface area contributed by atoms with Crippen molar-refractivity contribution in [3.8, 4) is 0 Å². The first-order valence-corrected chi connectivity index (χ1v) is 7.71. The topological polar surface area (TPSA) is 3.24 Å². The van der Waals surface area contributed by atoms with Gasteiger partial charge in [0.2, 0.25) is 0 Å². The van der Waals surface area contributed by atoms with Crippen molar-refractivity contribution in [3.05, 3.63) is 35.9 Å². The lowest BCUT2D eigenvalue weighted by Gasteiger charge is -2.44. The highest BCUT2D eigenvalue weighted by Gasteiger charge is 2.32. The number of rotatable bonds is 3. The van der Waals surface area contributed by atoms with Crippen LogP contribution >= 0.6 is 0 Å². The molecule has 0 aromatic heterocycles. The zero-order chi connectivity index (χ0) is 12.2. The van der Waals surface area contributed by atoms with E-state index in [1.54, 1.807) is 0 Å². The molecule has 1 heteroatoms. The molecule has 2 aliphatic rings. The molecule has 18 heavy (non-hydrogen) atoms. The molecular formula is C17H25N. The quantitative estimate of drug-likeness (QED) is 0.778. The van der Waals surface area contributed by atoms with E-state index < -0.39 is 0 Å². The molecule has 2 aliphatic heterocycles. The predicted molar refractivity (Wildman–Crippen MR) is 76.7 cm³/mol. The van der Waals surface area contributed by atoms with E-state index in [4.69, 9.17) is 0 Å². The number of nitrogens with zero attached hydrogens (tertiary/aromatic N) is 1. The highest BCUT2D eigenvalue weighted by Crippen LogP contribution is 2.33. The SMILES string of the molecule is c1ccc(CC[C@H]2CCCN3CCCC[C@H]23)cc1. The van der Waals surface area contributed by atoms with E-state index in [2.05, 4.69) is 35.2 Å². The van der Waals surface area contributed by atoms with E-state index >= 15 is 0 Å². The molecule has 0 amide bonds. The van der Waals surface area contributed by atoms with Crippen molar-refractivity contribution < 1.29 is 0 Å². The molecule has 0 bridgehead atoms. The molecule has 3 rings (SSSR count). The summed E-state index contributed by atoms with van der Waals surface area (Å²) in [6, 6.07) is 11.9. The van der Waals surface area contributed by atoms with E-state index in [1.165, 1.54) is 63.6 Å². The molecule has 1 aromatic carbocycles. The average molecular weight is 243 g/mol. The summed E-state index contributed by atoms with van der Waals surface area (Å²) in [6.45, 7) is 2.74. The normalized spacial score (nSPS) is 28.9. The van der Waals surface area contributed by atoms with E-state index in [-0.39, 0.29) is 0 Å². The Bertz CT molecular complexity index is 357. The van der Waals surface area contributed by atoms with Crippen molar-refractivity contribution >= 4 is 0 Å². The van der Waals surface area contributed by atoms with Crippen LogP contribution in [0.4, 0.5) is 0 Å². The zero-order valence-corrected chi connectivity index (χ0v) is 11.4. The van der Waals surface area contributed by atoms with Gasteiger partial charge in [0.15, 0.2) is 0 Å². The van der Waals surface area contributed by atoms with Gasteiger partial charge in [0.25, 0.3) is 0 Å². The summed E-state index contributed by atoms with van der Waals surface area (Å²) in [6.07, 6.45) is 9.91. The first-order chi connectivity index (χ1) is 8.93. The molecule has 0 N–H and O–H groups in total. The maximum atomic E-state index is 2.78. The van der Waals surface area contributed by atoms with Crippen LogP contribution in [0.15, 0.2) is 30.3 Å². The summed E-state index contributed by atoms with van der Waals surface area (Å²) in [5.74, 6) is 0.958. The third kappa shape index (κ3) is 2.77. The van der Waals surface area contributed by atoms with Crippen molar-refractivity contribution in [2.24, 2.45) is 5.92 Å². The lowest BCUT2D eigenvalue weighted by atomic mass is 9.80. The zero-order valence-electron chi connectivity index (χ0n) is 11.4. The molecule has 0 unspecified atom stereocenters. The molecule has 2 saturated heterocycles. The lowest BCUT2D eigenvalue weighted by Crippen LogP contribution is -2.47. The molecule has 0 spiro atoms. The van der Waals surface area contributed by atoms with E-state index in [0.29, 0.717) is 0 Å². The fourth-order valence-corrected chi connectivity index (χ4v) is 3.91. The van der Waals surface area contributed by atoms with Gasteiger partial charge in [0, 0.05) is 6.04 Å². The molecule has 2 heterocycles. The van der Waals surface area contributed by atoms with Gasteiger partial charge in [-0.05, 0) is 63.1 Å². The van der Waals surface area contributed by atoms with Gasteiger partial charge < -0.3 is 4.90 Å². The fraction of sp³-hybridized carbons (Fsp3) is 0.647. The molecule has 0 saturated carbocycles. The number of piperidine rings is 2. The molecule has 1 aromatic rings. The Morgan fingerprint density at radius 3 is 2.67 bits per heavy atom. The first-order valence-electron chi connectivity index (χ1n) is 7.71. The summed E-state index contributed by atoms with van der Waals surface area (Å²) in [5, 5.41) is 0. The van der Waals surface area contributed by atoms with Crippen LogP contribution in [-0.2, 0) is 6.42 Å². The summed E-state index contributed by atoms with van der Waals surface area (Å²) in [7, 11) is 0. The lowest BCUT2D eigenvalue weighted by molar-refractivity contribution is 0.0560. The third-order valence-corrected chi connectivity index (χ3v) is 4.88. The summed E-state index contributed by atoms with van der Waals surface area (Å²) in [4.78, 5) is 2.78. The molecular weight excluding hydrogens is 218 g/mol. The fourth-order valence-electron chi connectivity index (χ4n) is 3.91. The first kappa shape index (κ1) is 12.2. The second-order valence-corrected chi connectivity index (χ2v) is 6.03. The maximum Gasteiger partial charge on any atom is 0.0124 e. The minimum atomic E-state index is 0.913. The maximum absolute atomic E-state index is 2.78. The van der Waals surface area contributed by atoms with Crippen molar-refractivity contribution in [2.75, 3.05) is 13.1 Å². The smallest absolute Gasteiger partial charge is 0.0124 e. The Kier molecular flexibility index (Phi) is 3.99. The van der Waals surface area contributed by atoms with E-state index in [0.717, 1.165) is 12.0 Å². The van der Waals surface area contributed by atoms with E-state index in [1.807, 2.05) is 0 Å². The Morgan fingerprint density at radius 1 is 0.944 bits per heavy atom. The monoisotopic (exact) mass is 243 g/mol. The van der Waals surface area contributed by atoms with Gasteiger partial charge in [-0.3, -0.25) is 0 Å². The van der Waals surface area contributed by atoms with Gasteiger partial charge in [0.1, 0.15) is 0 Å². The number of hydrogen-bond acceptors (Lipinski definition) is 1. The largest absolute Gasteiger partial charge is 0.300 e. The van der Waals surface area contributed by atoms with Crippen LogP contribution in [0.1, 0.15) is 44.1 Å². The second kappa shape index (κ2) is 5.88. The molecule has 0 radical (unpaired) electrons. The second-order valence-electron chi connectivity index (χ2n) is 6.03. The van der Waals surface area contributed by atoms with Crippen molar-refractivity contribution in [1.29, 1.82) is 0 Å². The Balaban J connectivity index is 1.58. The van der Waals surface area contributed by atoms with Gasteiger partial charge in [0.05, 0.1) is 0 Å². The Hall–Kier alpha value is -0.820. The standard InChI is InChI=1S/C17H25N/c1-2-7-15(8-3-1)11-12-16-9-6-14-18-13-5-4-10-17(16)18/h1-3,7-8,16-17H,4-6,9-14H2/t16-,17-/m1/s1. The van der Waals surface area contributed by atoms with Crippen LogP contribution in [0, 0.1) is 5.92 Å². The molecule has 2 fully saturated rings. The highest BCUT2D eigenvalue weighted by molar-refractivity contribution is 5.14. The molecule has 1 nitrogen and oxygen atoms in total. The van der Waals surface area contributed by atoms with E-state index in [9.17, 15) is 0 Å². The number of fused-ring (bicyclic) bond motifs is 1. The van der Waals surface area contributed by atoms with Gasteiger partial charge in [-0.2, -0.15) is 0 Å². The van der Waals surface area contributed by atoms with Gasteiger partial charge in [-0.15, -0.1) is 0 Å². The van der Waals surface area contributed by atoms with Crippen LogP contribution < -0.4 is 0 Å². The Morgan fingerprint density at radius 2 is 1.78 bits per heavy atom. The molecule has 0 aliphatic carbocycles. The van der Waals surface area contributed by atoms with Crippen molar-refractivity contribution in [1.82, 2.24) is 4.90 Å². The number of aryl methyl sites for hydroxylation is 1. The minimum absolute atomic E-state index is 0.913. The molecule has 98 valence electrons. The minimum Gasteiger partial charge on any atom is -0.300 e. The van der Waals surface area contributed by atoms with Gasteiger partial charge >= 0.3 is 0 Å². The van der Waals surface area contributed by atoms with Crippen LogP contribution in [0.3, 0.4) is 0 Å². The Labute approximate surface area is 111 Å². The third-order valence-electron chi connectivity index (χ3n) is 4.88. The van der Waals surface area contributed by atoms with Crippen LogP contribution in [0.5, 0.6) is 0 Å².